The summed E-state index contributed by atoms with van der Waals surface area (Å²) in [6.45, 7) is 0. The van der Waals surface area contributed by atoms with Crippen LogP contribution in [0.1, 0.15) is 0 Å². The molecule has 44 heavy (non-hydrogen) atoms. The first-order valence-electron chi connectivity index (χ1n) is 14.8. The molecule has 0 bridgehead atoms. The van der Waals surface area contributed by atoms with Gasteiger partial charge in [0.15, 0.2) is 0 Å². The molecule has 0 saturated carbocycles. The number of aromatic nitrogens is 4. The van der Waals surface area contributed by atoms with Gasteiger partial charge in [-0.3, -0.25) is 0 Å². The van der Waals surface area contributed by atoms with Crippen LogP contribution in [-0.4, -0.2) is 19.9 Å². The van der Waals surface area contributed by atoms with Crippen molar-refractivity contribution in [2.24, 2.45) is 0 Å². The molecule has 2 N–H and O–H groups in total. The van der Waals surface area contributed by atoms with E-state index in [1.54, 1.807) is 6.33 Å². The molecule has 0 aliphatic rings. The first-order chi connectivity index (χ1) is 21.8. The lowest BCUT2D eigenvalue weighted by molar-refractivity contribution is 1.18. The van der Waals surface area contributed by atoms with Crippen LogP contribution >= 0.6 is 0 Å². The van der Waals surface area contributed by atoms with Crippen LogP contribution in [0, 0.1) is 0 Å². The number of hydrogen-bond acceptors (Lipinski definition) is 2. The predicted octanol–water partition coefficient (Wildman–Crippen LogP) is 10.4. The fourth-order valence-corrected chi connectivity index (χ4v) is 6.59. The van der Waals surface area contributed by atoms with Crippen LogP contribution in [0.5, 0.6) is 0 Å². The second-order valence-corrected chi connectivity index (χ2v) is 11.2. The SMILES string of the molecule is c1cc(-c2cc(-c3cccc(-c4cccc5c4[nH]c4ccccc45)c3)ncn2)cc(-c2cccc3c2[nH]c2ccccc23)c1. The van der Waals surface area contributed by atoms with Crippen molar-refractivity contribution in [3.8, 4) is 44.8 Å². The van der Waals surface area contributed by atoms with Crippen molar-refractivity contribution in [1.29, 1.82) is 0 Å². The molecule has 3 aromatic heterocycles. The number of H-pyrrole nitrogens is 2. The number of para-hydroxylation sites is 4. The number of fused-ring (bicyclic) bond motifs is 6. The topological polar surface area (TPSA) is 57.4 Å². The summed E-state index contributed by atoms with van der Waals surface area (Å²) in [7, 11) is 0. The van der Waals surface area contributed by atoms with Gasteiger partial charge in [0, 0.05) is 54.8 Å². The molecule has 4 nitrogen and oxygen atoms in total. The van der Waals surface area contributed by atoms with Gasteiger partial charge in [0.2, 0.25) is 0 Å². The number of benzene rings is 6. The van der Waals surface area contributed by atoms with Crippen LogP contribution in [0.2, 0.25) is 0 Å². The molecule has 9 aromatic rings. The van der Waals surface area contributed by atoms with Gasteiger partial charge in [0.05, 0.1) is 22.4 Å². The summed E-state index contributed by atoms with van der Waals surface area (Å²) in [5.41, 5.74) is 13.1. The van der Waals surface area contributed by atoms with E-state index in [9.17, 15) is 0 Å². The monoisotopic (exact) mass is 562 g/mol. The summed E-state index contributed by atoms with van der Waals surface area (Å²) >= 11 is 0. The van der Waals surface area contributed by atoms with Crippen LogP contribution in [0.4, 0.5) is 0 Å². The van der Waals surface area contributed by atoms with Crippen molar-refractivity contribution in [3.05, 3.63) is 146 Å². The Hall–Kier alpha value is -6.00. The lowest BCUT2D eigenvalue weighted by Crippen LogP contribution is -1.91. The summed E-state index contributed by atoms with van der Waals surface area (Å²) in [5, 5.41) is 4.94. The fraction of sp³-hybridized carbons (Fsp3) is 0. The largest absolute Gasteiger partial charge is 0.354 e. The molecule has 0 fully saturated rings. The Balaban J connectivity index is 1.11. The van der Waals surface area contributed by atoms with E-state index in [1.807, 2.05) is 0 Å². The molecule has 6 aromatic carbocycles. The zero-order chi connectivity index (χ0) is 29.0. The minimum Gasteiger partial charge on any atom is -0.354 e. The maximum absolute atomic E-state index is 4.69. The molecule has 206 valence electrons. The van der Waals surface area contributed by atoms with E-state index >= 15 is 0 Å². The van der Waals surface area contributed by atoms with E-state index in [-0.39, 0.29) is 0 Å². The Morgan fingerprint density at radius 1 is 0.364 bits per heavy atom. The van der Waals surface area contributed by atoms with E-state index in [1.165, 1.54) is 32.7 Å². The minimum atomic E-state index is 0.892. The van der Waals surface area contributed by atoms with E-state index in [4.69, 9.17) is 0 Å². The van der Waals surface area contributed by atoms with Crippen molar-refractivity contribution in [3.63, 3.8) is 0 Å². The number of hydrogen-bond donors (Lipinski definition) is 2. The lowest BCUT2D eigenvalue weighted by atomic mass is 9.97. The molecule has 0 atom stereocenters. The second-order valence-electron chi connectivity index (χ2n) is 11.2. The Morgan fingerprint density at radius 2 is 0.795 bits per heavy atom. The van der Waals surface area contributed by atoms with Crippen LogP contribution in [0.25, 0.3) is 88.4 Å². The zero-order valence-corrected chi connectivity index (χ0v) is 23.8. The third-order valence-electron chi connectivity index (χ3n) is 8.69. The average Bonchev–Trinajstić information content (AvgIpc) is 3.67. The highest BCUT2D eigenvalue weighted by Gasteiger charge is 2.13. The molecule has 9 rings (SSSR count). The Kier molecular flexibility index (Phi) is 5.47. The maximum Gasteiger partial charge on any atom is 0.116 e. The average molecular weight is 563 g/mol. The minimum absolute atomic E-state index is 0.892. The highest BCUT2D eigenvalue weighted by molar-refractivity contribution is 6.13. The van der Waals surface area contributed by atoms with E-state index < -0.39 is 0 Å². The van der Waals surface area contributed by atoms with Crippen LogP contribution < -0.4 is 0 Å². The van der Waals surface area contributed by atoms with E-state index in [0.29, 0.717) is 0 Å². The molecule has 0 aliphatic heterocycles. The van der Waals surface area contributed by atoms with Crippen molar-refractivity contribution in [1.82, 2.24) is 19.9 Å². The van der Waals surface area contributed by atoms with Gasteiger partial charge in [-0.1, -0.05) is 109 Å². The van der Waals surface area contributed by atoms with Gasteiger partial charge >= 0.3 is 0 Å². The number of rotatable bonds is 4. The Morgan fingerprint density at radius 3 is 1.32 bits per heavy atom. The normalized spacial score (nSPS) is 11.6. The van der Waals surface area contributed by atoms with Gasteiger partial charge in [0.1, 0.15) is 6.33 Å². The first kappa shape index (κ1) is 24.6. The van der Waals surface area contributed by atoms with Gasteiger partial charge < -0.3 is 9.97 Å². The summed E-state index contributed by atoms with van der Waals surface area (Å²) in [5.74, 6) is 0. The van der Waals surface area contributed by atoms with Crippen LogP contribution in [0.15, 0.2) is 146 Å². The molecule has 0 spiro atoms. The van der Waals surface area contributed by atoms with Crippen molar-refractivity contribution < 1.29 is 0 Å². The maximum atomic E-state index is 4.69. The van der Waals surface area contributed by atoms with Gasteiger partial charge in [-0.15, -0.1) is 0 Å². The second kappa shape index (κ2) is 9.79. The smallest absolute Gasteiger partial charge is 0.116 e. The molecular formula is C40H26N4. The zero-order valence-electron chi connectivity index (χ0n) is 23.8. The molecular weight excluding hydrogens is 536 g/mol. The van der Waals surface area contributed by atoms with Gasteiger partial charge in [-0.2, -0.15) is 0 Å². The highest BCUT2D eigenvalue weighted by atomic mass is 14.8. The Labute approximate surface area is 253 Å². The first-order valence-corrected chi connectivity index (χ1v) is 14.8. The van der Waals surface area contributed by atoms with E-state index in [2.05, 4.69) is 159 Å². The van der Waals surface area contributed by atoms with Gasteiger partial charge in [0.25, 0.3) is 0 Å². The predicted molar refractivity (Wildman–Crippen MR) is 183 cm³/mol. The molecule has 3 heterocycles. The third-order valence-corrected chi connectivity index (χ3v) is 8.69. The summed E-state index contributed by atoms with van der Waals surface area (Å²) in [6.07, 6.45) is 1.67. The summed E-state index contributed by atoms with van der Waals surface area (Å²) in [6, 6.07) is 49.3. The van der Waals surface area contributed by atoms with Gasteiger partial charge in [-0.25, -0.2) is 9.97 Å². The third kappa shape index (κ3) is 3.92. The fourth-order valence-electron chi connectivity index (χ4n) is 6.59. The van der Waals surface area contributed by atoms with Crippen molar-refractivity contribution in [2.45, 2.75) is 0 Å². The number of nitrogens with one attached hydrogen (secondary N) is 2. The van der Waals surface area contributed by atoms with E-state index in [0.717, 1.165) is 55.7 Å². The molecule has 0 radical (unpaired) electrons. The standard InChI is InChI=1S/C40H26N4/c1-3-19-35-31(13-1)33-17-7-15-29(39(33)43-35)25-9-5-11-27(21-25)37-23-38(42-24-41-37)28-12-6-10-26(22-28)30-16-8-18-34-32-14-2-4-20-36(32)44-40(30)34/h1-24,43-44H. The molecule has 0 amide bonds. The van der Waals surface area contributed by atoms with Crippen molar-refractivity contribution in [2.75, 3.05) is 0 Å². The number of nitrogens with zero attached hydrogens (tertiary/aromatic N) is 2. The number of aromatic amines is 2. The van der Waals surface area contributed by atoms with Crippen molar-refractivity contribution >= 4 is 43.6 Å². The Bertz CT molecular complexity index is 2340. The highest BCUT2D eigenvalue weighted by Crippen LogP contribution is 2.36. The molecule has 0 saturated heterocycles. The van der Waals surface area contributed by atoms with Gasteiger partial charge in [-0.05, 0) is 41.5 Å². The van der Waals surface area contributed by atoms with Crippen LogP contribution in [0.3, 0.4) is 0 Å². The molecule has 0 unspecified atom stereocenters. The molecule has 0 aliphatic carbocycles. The summed E-state index contributed by atoms with van der Waals surface area (Å²) in [4.78, 5) is 16.7. The summed E-state index contributed by atoms with van der Waals surface area (Å²) < 4.78 is 0. The molecule has 4 heteroatoms. The quantitative estimate of drug-likeness (QED) is 0.224. The van der Waals surface area contributed by atoms with Crippen LogP contribution in [-0.2, 0) is 0 Å². The lowest BCUT2D eigenvalue weighted by Gasteiger charge is -2.09.